The van der Waals surface area contributed by atoms with Crippen LogP contribution in [-0.2, 0) is 27.2 Å². The van der Waals surface area contributed by atoms with Crippen LogP contribution >= 0.6 is 0 Å². The highest BCUT2D eigenvalue weighted by atomic mass is 16.5. The molecule has 1 N–H and O–H groups in total. The number of para-hydroxylation sites is 1. The van der Waals surface area contributed by atoms with E-state index in [-0.39, 0.29) is 29.9 Å². The molecule has 9 heteroatoms. The summed E-state index contributed by atoms with van der Waals surface area (Å²) in [7, 11) is 1.24. The van der Waals surface area contributed by atoms with E-state index in [9.17, 15) is 14.4 Å². The Kier molecular flexibility index (Phi) is 7.53. The van der Waals surface area contributed by atoms with Crippen LogP contribution in [-0.4, -0.2) is 59.2 Å². The highest BCUT2D eigenvalue weighted by molar-refractivity contribution is 6.15. The molecule has 1 aliphatic heterocycles. The van der Waals surface area contributed by atoms with E-state index in [4.69, 9.17) is 9.47 Å². The van der Waals surface area contributed by atoms with Crippen LogP contribution in [0.15, 0.2) is 30.6 Å². The Labute approximate surface area is 194 Å². The van der Waals surface area contributed by atoms with Gasteiger partial charge in [-0.3, -0.25) is 14.5 Å². The Balaban J connectivity index is 2.00. The van der Waals surface area contributed by atoms with Gasteiger partial charge in [0.05, 0.1) is 26.1 Å². The maximum Gasteiger partial charge on any atom is 0.359 e. The number of anilines is 1. The van der Waals surface area contributed by atoms with E-state index in [0.29, 0.717) is 31.7 Å². The van der Waals surface area contributed by atoms with Crippen molar-refractivity contribution in [3.8, 4) is 0 Å². The van der Waals surface area contributed by atoms with Gasteiger partial charge < -0.3 is 19.4 Å². The minimum Gasteiger partial charge on any atom is -0.464 e. The summed E-state index contributed by atoms with van der Waals surface area (Å²) >= 11 is 0. The SMILES string of the molecule is CCc1ccccc1N1C(=O)c2c(C(=O)OC)ncn2CC1(C)C(=O)NCCCOC(C)C. The zero-order valence-corrected chi connectivity index (χ0v) is 19.9. The van der Waals surface area contributed by atoms with Crippen molar-refractivity contribution in [2.45, 2.75) is 58.7 Å². The van der Waals surface area contributed by atoms with Crippen LogP contribution < -0.4 is 10.2 Å². The lowest BCUT2D eigenvalue weighted by atomic mass is 9.92. The van der Waals surface area contributed by atoms with Gasteiger partial charge in [0.2, 0.25) is 5.91 Å². The first-order valence-electron chi connectivity index (χ1n) is 11.2. The number of ether oxygens (including phenoxy) is 2. The number of carbonyl (C=O) groups is 3. The van der Waals surface area contributed by atoms with Gasteiger partial charge in [-0.2, -0.15) is 0 Å². The van der Waals surface area contributed by atoms with Crippen molar-refractivity contribution in [2.24, 2.45) is 0 Å². The number of esters is 1. The average molecular weight is 457 g/mol. The van der Waals surface area contributed by atoms with Crippen molar-refractivity contribution < 1.29 is 23.9 Å². The number of amides is 2. The summed E-state index contributed by atoms with van der Waals surface area (Å²) in [4.78, 5) is 45.1. The van der Waals surface area contributed by atoms with Crippen LogP contribution in [0.4, 0.5) is 5.69 Å². The number of rotatable bonds is 9. The second-order valence-electron chi connectivity index (χ2n) is 8.49. The first-order valence-corrected chi connectivity index (χ1v) is 11.2. The van der Waals surface area contributed by atoms with Crippen molar-refractivity contribution >= 4 is 23.5 Å². The molecule has 2 aromatic rings. The molecule has 1 aromatic carbocycles. The summed E-state index contributed by atoms with van der Waals surface area (Å²) in [5, 5.41) is 2.96. The molecule has 0 saturated heterocycles. The van der Waals surface area contributed by atoms with Crippen molar-refractivity contribution in [1.29, 1.82) is 0 Å². The Hall–Kier alpha value is -3.20. The Morgan fingerprint density at radius 1 is 1.27 bits per heavy atom. The number of aromatic nitrogens is 2. The van der Waals surface area contributed by atoms with Crippen LogP contribution in [0, 0.1) is 0 Å². The number of nitrogens with zero attached hydrogens (tertiary/aromatic N) is 3. The number of carbonyl (C=O) groups excluding carboxylic acids is 3. The molecule has 0 spiro atoms. The average Bonchev–Trinajstić information content (AvgIpc) is 3.22. The molecule has 0 saturated carbocycles. The predicted octanol–water partition coefficient (Wildman–Crippen LogP) is 2.58. The van der Waals surface area contributed by atoms with Gasteiger partial charge >= 0.3 is 5.97 Å². The molecule has 2 amide bonds. The highest BCUT2D eigenvalue weighted by Gasteiger charge is 2.50. The van der Waals surface area contributed by atoms with Crippen LogP contribution in [0.1, 0.15) is 60.7 Å². The molecule has 1 aliphatic rings. The molecule has 0 radical (unpaired) electrons. The third-order valence-corrected chi connectivity index (χ3v) is 5.75. The fourth-order valence-corrected chi connectivity index (χ4v) is 4.06. The molecule has 1 aromatic heterocycles. The number of hydrogen-bond donors (Lipinski definition) is 1. The minimum absolute atomic E-state index is 0.0604. The van der Waals surface area contributed by atoms with E-state index in [1.54, 1.807) is 11.5 Å². The fourth-order valence-electron chi connectivity index (χ4n) is 4.06. The third kappa shape index (κ3) is 4.78. The number of aryl methyl sites for hydroxylation is 1. The van der Waals surface area contributed by atoms with Crippen LogP contribution in [0.2, 0.25) is 0 Å². The third-order valence-electron chi connectivity index (χ3n) is 5.75. The molecule has 178 valence electrons. The number of nitrogens with one attached hydrogen (secondary N) is 1. The molecule has 0 aliphatic carbocycles. The molecule has 0 bridgehead atoms. The maximum atomic E-state index is 13.8. The molecule has 1 atom stereocenters. The summed E-state index contributed by atoms with van der Waals surface area (Å²) < 4.78 is 11.9. The number of hydrogen-bond acceptors (Lipinski definition) is 6. The zero-order valence-electron chi connectivity index (χ0n) is 19.9. The smallest absolute Gasteiger partial charge is 0.359 e. The lowest BCUT2D eigenvalue weighted by Crippen LogP contribution is -2.64. The quantitative estimate of drug-likeness (QED) is 0.460. The van der Waals surface area contributed by atoms with Crippen molar-refractivity contribution in [2.75, 3.05) is 25.2 Å². The van der Waals surface area contributed by atoms with E-state index >= 15 is 0 Å². The van der Waals surface area contributed by atoms with Crippen LogP contribution in [0.5, 0.6) is 0 Å². The molecule has 33 heavy (non-hydrogen) atoms. The van der Waals surface area contributed by atoms with E-state index in [2.05, 4.69) is 10.3 Å². The fraction of sp³-hybridized carbons (Fsp3) is 0.500. The van der Waals surface area contributed by atoms with Crippen LogP contribution in [0.3, 0.4) is 0 Å². The predicted molar refractivity (Wildman–Crippen MR) is 123 cm³/mol. The summed E-state index contributed by atoms with van der Waals surface area (Å²) in [5.41, 5.74) is 0.373. The Morgan fingerprint density at radius 3 is 2.67 bits per heavy atom. The second-order valence-corrected chi connectivity index (χ2v) is 8.49. The van der Waals surface area contributed by atoms with Gasteiger partial charge in [0.1, 0.15) is 11.2 Å². The van der Waals surface area contributed by atoms with E-state index in [1.807, 2.05) is 45.0 Å². The maximum absolute atomic E-state index is 13.8. The standard InChI is InChI=1S/C24H32N4O5/c1-6-17-10-7-8-11-18(17)28-21(29)20-19(22(30)32-5)26-15-27(20)14-24(28,4)23(31)25-12-9-13-33-16(2)3/h7-8,10-11,15-16H,6,9,12-14H2,1-5H3,(H,25,31). The minimum atomic E-state index is -1.23. The lowest BCUT2D eigenvalue weighted by Gasteiger charge is -2.44. The normalized spacial score (nSPS) is 17.8. The Bertz CT molecular complexity index is 1030. The van der Waals surface area contributed by atoms with Gasteiger partial charge in [0, 0.05) is 18.8 Å². The molecule has 1 unspecified atom stereocenters. The van der Waals surface area contributed by atoms with Gasteiger partial charge in [-0.15, -0.1) is 0 Å². The summed E-state index contributed by atoms with van der Waals surface area (Å²) in [6, 6.07) is 7.48. The van der Waals surface area contributed by atoms with Crippen LogP contribution in [0.25, 0.3) is 0 Å². The lowest BCUT2D eigenvalue weighted by molar-refractivity contribution is -0.126. The number of imidazole rings is 1. The number of methoxy groups -OCH3 is 1. The van der Waals surface area contributed by atoms with Gasteiger partial charge in [0.15, 0.2) is 5.69 Å². The highest BCUT2D eigenvalue weighted by Crippen LogP contribution is 2.35. The molecule has 9 nitrogen and oxygen atoms in total. The monoisotopic (exact) mass is 456 g/mol. The zero-order chi connectivity index (χ0) is 24.2. The Morgan fingerprint density at radius 2 is 2.00 bits per heavy atom. The molecule has 2 heterocycles. The van der Waals surface area contributed by atoms with E-state index < -0.39 is 17.4 Å². The van der Waals surface area contributed by atoms with Gasteiger partial charge in [-0.25, -0.2) is 9.78 Å². The van der Waals surface area contributed by atoms with E-state index in [1.165, 1.54) is 18.3 Å². The summed E-state index contributed by atoms with van der Waals surface area (Å²) in [6.45, 7) is 8.74. The van der Waals surface area contributed by atoms with Crippen molar-refractivity contribution in [3.63, 3.8) is 0 Å². The van der Waals surface area contributed by atoms with Crippen molar-refractivity contribution in [3.05, 3.63) is 47.5 Å². The molecule has 0 fully saturated rings. The molecular weight excluding hydrogens is 424 g/mol. The van der Waals surface area contributed by atoms with Gasteiger partial charge in [-0.1, -0.05) is 25.1 Å². The number of benzene rings is 1. The molecule has 3 rings (SSSR count). The van der Waals surface area contributed by atoms with Gasteiger partial charge in [-0.05, 0) is 45.2 Å². The number of fused-ring (bicyclic) bond motifs is 1. The first kappa shape index (κ1) is 24.4. The summed E-state index contributed by atoms with van der Waals surface area (Å²) in [6.07, 6.45) is 2.86. The van der Waals surface area contributed by atoms with Gasteiger partial charge in [0.25, 0.3) is 5.91 Å². The second kappa shape index (κ2) is 10.2. The summed E-state index contributed by atoms with van der Waals surface area (Å²) in [5.74, 6) is -1.45. The largest absolute Gasteiger partial charge is 0.464 e. The first-order chi connectivity index (χ1) is 15.7. The van der Waals surface area contributed by atoms with E-state index in [0.717, 1.165) is 5.56 Å². The topological polar surface area (TPSA) is 103 Å². The van der Waals surface area contributed by atoms with Crippen molar-refractivity contribution in [1.82, 2.24) is 14.9 Å². The molecular formula is C24H32N4O5.